The van der Waals surface area contributed by atoms with Crippen LogP contribution in [0.2, 0.25) is 0 Å². The standard InChI is InChI=1S/C54H36N2/c1-3-13-37(14-4-1)38-23-28-43(29-24-38)55(45-32-34-49-48-21-11-12-22-52(48)56(53(49)36-45)42-17-5-2-6-18-42)44-30-25-40(26-31-44)51-35-41-16-8-9-19-46(41)50-33-27-39-15-7-10-20-47(39)54(50)51/h1-36H. The summed E-state index contributed by atoms with van der Waals surface area (Å²) in [6.45, 7) is 0. The molecule has 11 rings (SSSR count). The molecule has 2 heteroatoms. The van der Waals surface area contributed by atoms with Gasteiger partial charge in [-0.05, 0) is 115 Å². The number of nitrogens with zero attached hydrogens (tertiary/aromatic N) is 2. The van der Waals surface area contributed by atoms with E-state index in [1.54, 1.807) is 0 Å². The molecule has 1 heterocycles. The third-order valence-electron chi connectivity index (χ3n) is 11.3. The van der Waals surface area contributed by atoms with Crippen LogP contribution in [0.1, 0.15) is 0 Å². The molecule has 0 saturated heterocycles. The van der Waals surface area contributed by atoms with Crippen molar-refractivity contribution >= 4 is 71.2 Å². The molecule has 0 atom stereocenters. The molecule has 0 unspecified atom stereocenters. The quantitative estimate of drug-likeness (QED) is 0.156. The Morgan fingerprint density at radius 2 is 0.839 bits per heavy atom. The first-order chi connectivity index (χ1) is 27.8. The highest BCUT2D eigenvalue weighted by Crippen LogP contribution is 2.43. The first-order valence-corrected chi connectivity index (χ1v) is 19.3. The van der Waals surface area contributed by atoms with Gasteiger partial charge in [-0.3, -0.25) is 0 Å². The molecule has 0 aliphatic heterocycles. The second-order valence-electron chi connectivity index (χ2n) is 14.5. The van der Waals surface area contributed by atoms with Crippen molar-refractivity contribution in [2.75, 3.05) is 4.90 Å². The van der Waals surface area contributed by atoms with Crippen LogP contribution in [0.25, 0.3) is 82.1 Å². The van der Waals surface area contributed by atoms with Gasteiger partial charge in [-0.1, -0.05) is 158 Å². The van der Waals surface area contributed by atoms with Crippen LogP contribution in [0.15, 0.2) is 218 Å². The molecule has 0 bridgehead atoms. The zero-order valence-electron chi connectivity index (χ0n) is 30.7. The molecule has 0 amide bonds. The van der Waals surface area contributed by atoms with Crippen molar-refractivity contribution in [1.82, 2.24) is 4.57 Å². The topological polar surface area (TPSA) is 8.17 Å². The molecule has 1 aromatic heterocycles. The van der Waals surface area contributed by atoms with Crippen LogP contribution >= 0.6 is 0 Å². The smallest absolute Gasteiger partial charge is 0.0561 e. The van der Waals surface area contributed by atoms with E-state index < -0.39 is 0 Å². The van der Waals surface area contributed by atoms with E-state index in [1.807, 2.05) is 0 Å². The van der Waals surface area contributed by atoms with E-state index in [9.17, 15) is 0 Å². The fourth-order valence-corrected chi connectivity index (χ4v) is 8.73. The van der Waals surface area contributed by atoms with Gasteiger partial charge < -0.3 is 9.47 Å². The molecule has 0 saturated carbocycles. The maximum absolute atomic E-state index is 2.39. The van der Waals surface area contributed by atoms with E-state index in [0.717, 1.165) is 22.7 Å². The summed E-state index contributed by atoms with van der Waals surface area (Å²) in [6.07, 6.45) is 0. The molecule has 0 spiro atoms. The average Bonchev–Trinajstić information content (AvgIpc) is 3.61. The van der Waals surface area contributed by atoms with Crippen LogP contribution in [0, 0.1) is 0 Å². The summed E-state index contributed by atoms with van der Waals surface area (Å²) in [6, 6.07) is 79.5. The summed E-state index contributed by atoms with van der Waals surface area (Å²) >= 11 is 0. The van der Waals surface area contributed by atoms with Gasteiger partial charge in [-0.2, -0.15) is 0 Å². The van der Waals surface area contributed by atoms with Gasteiger partial charge in [0.25, 0.3) is 0 Å². The number of hydrogen-bond acceptors (Lipinski definition) is 1. The lowest BCUT2D eigenvalue weighted by Gasteiger charge is -2.26. The molecule has 11 aromatic rings. The minimum absolute atomic E-state index is 1.10. The molecule has 56 heavy (non-hydrogen) atoms. The molecule has 2 nitrogen and oxygen atoms in total. The molecule has 0 N–H and O–H groups in total. The minimum Gasteiger partial charge on any atom is -0.310 e. The Morgan fingerprint density at radius 3 is 1.59 bits per heavy atom. The van der Waals surface area contributed by atoms with Crippen molar-refractivity contribution in [3.63, 3.8) is 0 Å². The predicted molar refractivity (Wildman–Crippen MR) is 239 cm³/mol. The van der Waals surface area contributed by atoms with Gasteiger partial charge in [0.1, 0.15) is 0 Å². The van der Waals surface area contributed by atoms with E-state index in [0.29, 0.717) is 0 Å². The van der Waals surface area contributed by atoms with E-state index >= 15 is 0 Å². The minimum atomic E-state index is 1.10. The highest BCUT2D eigenvalue weighted by Gasteiger charge is 2.19. The predicted octanol–water partition coefficient (Wildman–Crippen LogP) is 15.0. The summed E-state index contributed by atoms with van der Waals surface area (Å²) in [5.74, 6) is 0. The Morgan fingerprint density at radius 1 is 0.304 bits per heavy atom. The highest BCUT2D eigenvalue weighted by molar-refractivity contribution is 6.23. The van der Waals surface area contributed by atoms with Crippen molar-refractivity contribution in [2.24, 2.45) is 0 Å². The lowest BCUT2D eigenvalue weighted by molar-refractivity contribution is 1.18. The van der Waals surface area contributed by atoms with Crippen LogP contribution in [0.4, 0.5) is 17.1 Å². The number of anilines is 3. The molecular weight excluding hydrogens is 677 g/mol. The third-order valence-corrected chi connectivity index (χ3v) is 11.3. The number of hydrogen-bond donors (Lipinski definition) is 0. The van der Waals surface area contributed by atoms with Crippen molar-refractivity contribution in [3.05, 3.63) is 218 Å². The van der Waals surface area contributed by atoms with E-state index in [2.05, 4.69) is 228 Å². The lowest BCUT2D eigenvalue weighted by atomic mass is 9.90. The van der Waals surface area contributed by atoms with Crippen molar-refractivity contribution < 1.29 is 0 Å². The molecule has 262 valence electrons. The molecule has 10 aromatic carbocycles. The number of fused-ring (bicyclic) bond motifs is 8. The summed E-state index contributed by atoms with van der Waals surface area (Å²) in [5.41, 5.74) is 11.7. The first-order valence-electron chi connectivity index (χ1n) is 19.3. The molecule has 0 fully saturated rings. The Labute approximate surface area is 325 Å². The number of benzene rings is 10. The average molecular weight is 713 g/mol. The molecule has 0 aliphatic carbocycles. The fourth-order valence-electron chi connectivity index (χ4n) is 8.73. The summed E-state index contributed by atoms with van der Waals surface area (Å²) in [4.78, 5) is 2.39. The van der Waals surface area contributed by atoms with Gasteiger partial charge in [0.15, 0.2) is 0 Å². The lowest BCUT2D eigenvalue weighted by Crippen LogP contribution is -2.10. The van der Waals surface area contributed by atoms with Crippen LogP contribution in [0.3, 0.4) is 0 Å². The Hall–Kier alpha value is -7.42. The number of rotatable bonds is 6. The Bertz CT molecular complexity index is 3210. The second kappa shape index (κ2) is 13.2. The van der Waals surface area contributed by atoms with Gasteiger partial charge >= 0.3 is 0 Å². The van der Waals surface area contributed by atoms with Crippen molar-refractivity contribution in [3.8, 4) is 27.9 Å². The highest BCUT2D eigenvalue weighted by atomic mass is 15.1. The zero-order chi connectivity index (χ0) is 37.0. The summed E-state index contributed by atoms with van der Waals surface area (Å²) in [7, 11) is 0. The van der Waals surface area contributed by atoms with Gasteiger partial charge in [-0.15, -0.1) is 0 Å². The van der Waals surface area contributed by atoms with E-state index in [4.69, 9.17) is 0 Å². The maximum atomic E-state index is 2.39. The maximum Gasteiger partial charge on any atom is 0.0561 e. The van der Waals surface area contributed by atoms with Crippen LogP contribution < -0.4 is 4.90 Å². The number of para-hydroxylation sites is 2. The third kappa shape index (κ3) is 5.26. The zero-order valence-corrected chi connectivity index (χ0v) is 30.7. The van der Waals surface area contributed by atoms with Gasteiger partial charge in [0, 0.05) is 33.5 Å². The van der Waals surface area contributed by atoms with Crippen LogP contribution in [-0.4, -0.2) is 4.57 Å². The largest absolute Gasteiger partial charge is 0.310 e. The SMILES string of the molecule is c1ccc(-c2ccc(N(c3ccc(-c4cc5ccccc5c5ccc6ccccc6c45)cc3)c3ccc4c5ccccc5n(-c5ccccc5)c4c3)cc2)cc1. The first kappa shape index (κ1) is 32.0. The Balaban J connectivity index is 1.10. The van der Waals surface area contributed by atoms with Gasteiger partial charge in [0.05, 0.1) is 11.0 Å². The fraction of sp³-hybridized carbons (Fsp3) is 0. The van der Waals surface area contributed by atoms with Gasteiger partial charge in [-0.25, -0.2) is 0 Å². The summed E-state index contributed by atoms with van der Waals surface area (Å²) < 4.78 is 2.39. The normalized spacial score (nSPS) is 11.6. The monoisotopic (exact) mass is 712 g/mol. The Kier molecular flexibility index (Phi) is 7.53. The van der Waals surface area contributed by atoms with Crippen LogP contribution in [-0.2, 0) is 0 Å². The van der Waals surface area contributed by atoms with E-state index in [1.165, 1.54) is 76.4 Å². The summed E-state index contributed by atoms with van der Waals surface area (Å²) in [5, 5.41) is 10.1. The van der Waals surface area contributed by atoms with Crippen molar-refractivity contribution in [1.29, 1.82) is 0 Å². The molecule has 0 aliphatic rings. The van der Waals surface area contributed by atoms with E-state index in [-0.39, 0.29) is 0 Å². The van der Waals surface area contributed by atoms with Gasteiger partial charge in [0.2, 0.25) is 0 Å². The van der Waals surface area contributed by atoms with Crippen LogP contribution in [0.5, 0.6) is 0 Å². The molecular formula is C54H36N2. The second-order valence-corrected chi connectivity index (χ2v) is 14.5. The molecule has 0 radical (unpaired) electrons. The van der Waals surface area contributed by atoms with Crippen molar-refractivity contribution in [2.45, 2.75) is 0 Å². The number of aromatic nitrogens is 1.